The van der Waals surface area contributed by atoms with E-state index in [1.807, 2.05) is 32.9 Å². The van der Waals surface area contributed by atoms with Gasteiger partial charge in [0.15, 0.2) is 11.6 Å². The van der Waals surface area contributed by atoms with Crippen LogP contribution in [0.5, 0.6) is 17.5 Å². The molecule has 2 N–H and O–H groups in total. The number of hydrogen-bond donors (Lipinski definition) is 2. The minimum Gasteiger partial charge on any atom is -0.488 e. The van der Waals surface area contributed by atoms with Gasteiger partial charge in [0.2, 0.25) is 18.2 Å². The molecule has 0 bridgehead atoms. The normalized spacial score (nSPS) is 10.6. The van der Waals surface area contributed by atoms with Crippen LogP contribution in [-0.4, -0.2) is 71.1 Å². The van der Waals surface area contributed by atoms with E-state index in [0.29, 0.717) is 49.0 Å². The molecule has 5 aromatic rings. The van der Waals surface area contributed by atoms with Crippen LogP contribution in [0.2, 0.25) is 0 Å². The van der Waals surface area contributed by atoms with Crippen LogP contribution in [0.1, 0.15) is 39.7 Å². The summed E-state index contributed by atoms with van der Waals surface area (Å²) >= 11 is 1.46. The van der Waals surface area contributed by atoms with Crippen molar-refractivity contribution in [1.82, 2.24) is 19.9 Å². The number of carbonyl (C=O) groups excluding carboxylic acids is 1. The van der Waals surface area contributed by atoms with Crippen LogP contribution in [0.25, 0.3) is 31.8 Å². The molecule has 0 saturated heterocycles. The van der Waals surface area contributed by atoms with E-state index >= 15 is 0 Å². The third kappa shape index (κ3) is 11.8. The summed E-state index contributed by atoms with van der Waals surface area (Å²) in [5.74, 6) is 0.627. The lowest BCUT2D eigenvalue weighted by molar-refractivity contribution is -0.105. The van der Waals surface area contributed by atoms with Crippen molar-refractivity contribution in [1.29, 1.82) is 0 Å². The number of thiazole rings is 1. The molecule has 0 fully saturated rings. The monoisotopic (exact) mass is 781 g/mol. The molecular formula is C33H41FIN5O6S. The number of aromatic nitrogens is 4. The maximum Gasteiger partial charge on any atom is 0.232 e. The predicted octanol–water partition coefficient (Wildman–Crippen LogP) is 7.22. The number of ether oxygens (including phenoxy) is 4. The molecule has 0 aliphatic carbocycles. The van der Waals surface area contributed by atoms with Crippen LogP contribution in [-0.2, 0) is 9.53 Å². The molecule has 5 rings (SSSR count). The molecule has 0 atom stereocenters. The summed E-state index contributed by atoms with van der Waals surface area (Å²) in [5.41, 5.74) is 3.79. The number of nitrogens with one attached hydrogen (secondary N) is 1. The zero-order valence-corrected chi connectivity index (χ0v) is 30.6. The van der Waals surface area contributed by atoms with Gasteiger partial charge in [-0.1, -0.05) is 13.8 Å². The highest BCUT2D eigenvalue weighted by molar-refractivity contribution is 14.0. The number of aliphatic hydroxyl groups is 1. The van der Waals surface area contributed by atoms with Gasteiger partial charge in [-0.15, -0.1) is 35.3 Å². The van der Waals surface area contributed by atoms with Crippen molar-refractivity contribution in [3.8, 4) is 28.1 Å². The molecule has 1 amide bonds. The second-order valence-corrected chi connectivity index (χ2v) is 11.3. The summed E-state index contributed by atoms with van der Waals surface area (Å²) in [7, 11) is 3.13. The topological polar surface area (TPSA) is 138 Å². The summed E-state index contributed by atoms with van der Waals surface area (Å²) in [4.78, 5) is 27.8. The number of methoxy groups -OCH3 is 2. The third-order valence-corrected chi connectivity index (χ3v) is 7.17. The van der Waals surface area contributed by atoms with Gasteiger partial charge in [0.25, 0.3) is 0 Å². The minimum atomic E-state index is -0.751. The van der Waals surface area contributed by atoms with E-state index < -0.39 is 11.4 Å². The Morgan fingerprint density at radius 3 is 2.43 bits per heavy atom. The van der Waals surface area contributed by atoms with Crippen molar-refractivity contribution in [2.75, 3.05) is 39.4 Å². The molecule has 2 aromatic carbocycles. The van der Waals surface area contributed by atoms with Crippen molar-refractivity contribution in [2.45, 2.75) is 46.6 Å². The van der Waals surface area contributed by atoms with Crippen LogP contribution < -0.4 is 19.5 Å². The number of rotatable bonds is 12. The van der Waals surface area contributed by atoms with Gasteiger partial charge in [-0.05, 0) is 44.5 Å². The summed E-state index contributed by atoms with van der Waals surface area (Å²) in [6.45, 7) is 10.5. The van der Waals surface area contributed by atoms with Gasteiger partial charge in [-0.3, -0.25) is 4.79 Å². The zero-order chi connectivity index (χ0) is 33.7. The number of pyridine rings is 1. The number of halogens is 2. The zero-order valence-electron chi connectivity index (χ0n) is 27.5. The Morgan fingerprint density at radius 1 is 0.979 bits per heavy atom. The summed E-state index contributed by atoms with van der Waals surface area (Å²) in [5, 5.41) is 12.7. The predicted molar refractivity (Wildman–Crippen MR) is 194 cm³/mol. The van der Waals surface area contributed by atoms with Crippen molar-refractivity contribution < 1.29 is 33.2 Å². The smallest absolute Gasteiger partial charge is 0.232 e. The number of nitrogens with zero attached hydrogens (tertiary/aromatic N) is 4. The molecule has 0 saturated carbocycles. The highest BCUT2D eigenvalue weighted by Crippen LogP contribution is 2.37. The SMILES string of the molecule is CC.CC(C)(O)CCOc1cc(NC=O)ccn1.COCCOc1cc2sc(-c3cc(C)cc4nc(OC)cnc34)nc2cc1F.I. The van der Waals surface area contributed by atoms with E-state index in [1.54, 1.807) is 58.7 Å². The van der Waals surface area contributed by atoms with E-state index in [-0.39, 0.29) is 36.3 Å². The number of amides is 1. The molecule has 0 aliphatic rings. The summed E-state index contributed by atoms with van der Waals surface area (Å²) in [6, 6.07) is 10.3. The molecule has 0 spiro atoms. The first kappa shape index (κ1) is 39.4. The molecule has 14 heteroatoms. The molecule has 254 valence electrons. The van der Waals surface area contributed by atoms with E-state index in [1.165, 1.54) is 17.4 Å². The minimum absolute atomic E-state index is 0. The van der Waals surface area contributed by atoms with Crippen LogP contribution in [0, 0.1) is 12.7 Å². The number of hydrogen-bond acceptors (Lipinski definition) is 11. The maximum atomic E-state index is 14.3. The largest absolute Gasteiger partial charge is 0.488 e. The van der Waals surface area contributed by atoms with Crippen LogP contribution >= 0.6 is 35.3 Å². The second-order valence-electron chi connectivity index (χ2n) is 10.3. The Balaban J connectivity index is 0.000000347. The maximum absolute atomic E-state index is 14.3. The Hall–Kier alpha value is -3.73. The fourth-order valence-electron chi connectivity index (χ4n) is 3.95. The fourth-order valence-corrected chi connectivity index (χ4v) is 4.94. The molecule has 47 heavy (non-hydrogen) atoms. The van der Waals surface area contributed by atoms with Crippen LogP contribution in [0.15, 0.2) is 48.8 Å². The molecule has 0 radical (unpaired) electrons. The van der Waals surface area contributed by atoms with Crippen molar-refractivity contribution >= 4 is 68.7 Å². The molecular weight excluding hydrogens is 740 g/mol. The van der Waals surface area contributed by atoms with Gasteiger partial charge in [-0.25, -0.2) is 24.3 Å². The Labute approximate surface area is 294 Å². The number of carbonyl (C=O) groups is 1. The first-order chi connectivity index (χ1) is 22.1. The number of benzene rings is 2. The lowest BCUT2D eigenvalue weighted by Gasteiger charge is -2.16. The fraction of sp³-hybridized carbons (Fsp3) is 0.364. The quantitative estimate of drug-likeness (QED) is 0.0759. The molecule has 0 unspecified atom stereocenters. The van der Waals surface area contributed by atoms with Crippen molar-refractivity contribution in [3.05, 3.63) is 60.2 Å². The second kappa shape index (κ2) is 19.2. The molecule has 0 aliphatic heterocycles. The van der Waals surface area contributed by atoms with E-state index in [0.717, 1.165) is 31.9 Å². The van der Waals surface area contributed by atoms with Gasteiger partial charge in [0.1, 0.15) is 11.6 Å². The third-order valence-electron chi connectivity index (χ3n) is 6.12. The van der Waals surface area contributed by atoms with Crippen LogP contribution in [0.3, 0.4) is 0 Å². The van der Waals surface area contributed by atoms with Crippen molar-refractivity contribution in [2.24, 2.45) is 0 Å². The van der Waals surface area contributed by atoms with Gasteiger partial charge >= 0.3 is 0 Å². The van der Waals surface area contributed by atoms with Gasteiger partial charge in [0.05, 0.1) is 53.4 Å². The Morgan fingerprint density at radius 2 is 1.74 bits per heavy atom. The first-order valence-electron chi connectivity index (χ1n) is 14.6. The first-order valence-corrected chi connectivity index (χ1v) is 15.5. The highest BCUT2D eigenvalue weighted by Gasteiger charge is 2.16. The van der Waals surface area contributed by atoms with Gasteiger partial charge in [0, 0.05) is 49.2 Å². The lowest BCUT2D eigenvalue weighted by atomic mass is 10.1. The van der Waals surface area contributed by atoms with Crippen molar-refractivity contribution in [3.63, 3.8) is 0 Å². The standard InChI is InChI=1S/C20H18FN3O3S.C11H16N2O3.C2H6.HI/c1-11-6-12(19-15(7-11)23-18(26-3)10-22-19)20-24-14-8-13(21)16(9-17(14)28-20)27-5-4-25-2;1-11(2,15)4-6-16-10-7-9(13-8-14)3-5-12-10;1-2;/h6-10H,4-5H2,1-3H3;3,5,7-8,15H,4,6H2,1-2H3,(H,12,13,14);1-2H3;1H. The summed E-state index contributed by atoms with van der Waals surface area (Å²) < 4.78 is 36.1. The number of fused-ring (bicyclic) bond motifs is 2. The highest BCUT2D eigenvalue weighted by atomic mass is 127. The van der Waals surface area contributed by atoms with Gasteiger partial charge < -0.3 is 29.4 Å². The van der Waals surface area contributed by atoms with E-state index in [9.17, 15) is 14.3 Å². The average Bonchev–Trinajstić information content (AvgIpc) is 3.44. The molecule has 3 aromatic heterocycles. The number of anilines is 1. The molecule has 11 nitrogen and oxygen atoms in total. The van der Waals surface area contributed by atoms with Crippen LogP contribution in [0.4, 0.5) is 10.1 Å². The Kier molecular flexibility index (Phi) is 16.1. The van der Waals surface area contributed by atoms with E-state index in [2.05, 4.69) is 25.3 Å². The van der Waals surface area contributed by atoms with E-state index in [4.69, 9.17) is 18.9 Å². The lowest BCUT2D eigenvalue weighted by Crippen LogP contribution is -2.21. The number of aryl methyl sites for hydroxylation is 1. The average molecular weight is 782 g/mol. The Bertz CT molecular complexity index is 1730. The molecule has 3 heterocycles. The van der Waals surface area contributed by atoms with Gasteiger partial charge in [-0.2, -0.15) is 0 Å². The summed E-state index contributed by atoms with van der Waals surface area (Å²) in [6.07, 6.45) is 4.23.